The lowest BCUT2D eigenvalue weighted by atomic mass is 9.91. The van der Waals surface area contributed by atoms with Crippen LogP contribution in [0, 0.1) is 5.92 Å². The molecule has 1 saturated heterocycles. The molecular weight excluding hydrogens is 268 g/mol. The largest absolute Gasteiger partial charge is 0.367 e. The van der Waals surface area contributed by atoms with Gasteiger partial charge >= 0.3 is 0 Å². The molecule has 1 heterocycles. The molecule has 1 N–H and O–H groups in total. The van der Waals surface area contributed by atoms with E-state index in [0.717, 1.165) is 37.0 Å². The van der Waals surface area contributed by atoms with Gasteiger partial charge in [-0.05, 0) is 56.3 Å². The lowest BCUT2D eigenvalue weighted by molar-refractivity contribution is 0.363. The Hall–Kier alpha value is -0.730. The van der Waals surface area contributed by atoms with Crippen molar-refractivity contribution in [2.75, 3.05) is 18.0 Å². The summed E-state index contributed by atoms with van der Waals surface area (Å²) >= 11 is 6.52. The number of nitrogens with one attached hydrogen (secondary N) is 1. The van der Waals surface area contributed by atoms with Crippen LogP contribution >= 0.6 is 11.6 Å². The summed E-state index contributed by atoms with van der Waals surface area (Å²) in [6.45, 7) is 9.92. The van der Waals surface area contributed by atoms with Crippen LogP contribution in [0.3, 0.4) is 0 Å². The van der Waals surface area contributed by atoms with Gasteiger partial charge in [-0.1, -0.05) is 31.5 Å². The SMILES string of the molecule is CCCNCc1ccc(N2CCCC(C)C2C)c(Cl)c1. The normalized spacial score (nSPS) is 23.1. The van der Waals surface area contributed by atoms with Crippen LogP contribution in [0.15, 0.2) is 18.2 Å². The molecule has 112 valence electrons. The van der Waals surface area contributed by atoms with Gasteiger partial charge in [0.15, 0.2) is 0 Å². The van der Waals surface area contributed by atoms with Crippen LogP contribution in [0.5, 0.6) is 0 Å². The van der Waals surface area contributed by atoms with Crippen molar-refractivity contribution in [3.63, 3.8) is 0 Å². The molecule has 20 heavy (non-hydrogen) atoms. The highest BCUT2D eigenvalue weighted by Gasteiger charge is 2.26. The van der Waals surface area contributed by atoms with Crippen molar-refractivity contribution >= 4 is 17.3 Å². The number of rotatable bonds is 5. The molecule has 0 radical (unpaired) electrons. The molecule has 3 heteroatoms. The maximum atomic E-state index is 6.52. The zero-order valence-corrected chi connectivity index (χ0v) is 13.7. The van der Waals surface area contributed by atoms with E-state index in [1.807, 2.05) is 0 Å². The van der Waals surface area contributed by atoms with Crippen molar-refractivity contribution in [2.24, 2.45) is 5.92 Å². The summed E-state index contributed by atoms with van der Waals surface area (Å²) in [5.41, 5.74) is 2.47. The Bertz CT molecular complexity index is 433. The van der Waals surface area contributed by atoms with E-state index in [2.05, 4.69) is 49.2 Å². The Balaban J connectivity index is 2.08. The molecule has 0 aromatic heterocycles. The van der Waals surface area contributed by atoms with Gasteiger partial charge in [-0.15, -0.1) is 0 Å². The Morgan fingerprint density at radius 3 is 2.85 bits per heavy atom. The van der Waals surface area contributed by atoms with Crippen molar-refractivity contribution in [1.29, 1.82) is 0 Å². The summed E-state index contributed by atoms with van der Waals surface area (Å²) in [5, 5.41) is 4.31. The van der Waals surface area contributed by atoms with Crippen LogP contribution in [0.25, 0.3) is 0 Å². The van der Waals surface area contributed by atoms with Crippen LogP contribution in [-0.4, -0.2) is 19.1 Å². The first-order valence-electron chi connectivity index (χ1n) is 7.89. The highest BCUT2D eigenvalue weighted by molar-refractivity contribution is 6.33. The van der Waals surface area contributed by atoms with Gasteiger partial charge in [-0.2, -0.15) is 0 Å². The van der Waals surface area contributed by atoms with E-state index >= 15 is 0 Å². The molecule has 0 aliphatic carbocycles. The fourth-order valence-corrected chi connectivity index (χ4v) is 3.29. The standard InChI is InChI=1S/C17H27ClN2/c1-4-9-19-12-15-7-8-17(16(18)11-15)20-10-5-6-13(2)14(20)3/h7-8,11,13-14,19H,4-6,9-10,12H2,1-3H3. The topological polar surface area (TPSA) is 15.3 Å². The summed E-state index contributed by atoms with van der Waals surface area (Å²) in [6, 6.07) is 7.09. The van der Waals surface area contributed by atoms with Gasteiger partial charge in [-0.25, -0.2) is 0 Å². The van der Waals surface area contributed by atoms with Crippen molar-refractivity contribution in [3.05, 3.63) is 28.8 Å². The number of benzene rings is 1. The zero-order valence-electron chi connectivity index (χ0n) is 13.0. The highest BCUT2D eigenvalue weighted by Crippen LogP contribution is 2.33. The molecule has 0 bridgehead atoms. The van der Waals surface area contributed by atoms with Gasteiger partial charge < -0.3 is 10.2 Å². The molecule has 2 nitrogen and oxygen atoms in total. The van der Waals surface area contributed by atoms with Gasteiger partial charge in [0, 0.05) is 19.1 Å². The second-order valence-electron chi connectivity index (χ2n) is 6.02. The molecule has 0 spiro atoms. The Morgan fingerprint density at radius 2 is 2.15 bits per heavy atom. The van der Waals surface area contributed by atoms with E-state index in [-0.39, 0.29) is 0 Å². The first kappa shape index (κ1) is 15.7. The molecule has 1 aliphatic rings. The fraction of sp³-hybridized carbons (Fsp3) is 0.647. The summed E-state index contributed by atoms with van der Waals surface area (Å²) < 4.78 is 0. The van der Waals surface area contributed by atoms with Crippen LogP contribution in [0.1, 0.15) is 45.6 Å². The third-order valence-corrected chi connectivity index (χ3v) is 4.75. The smallest absolute Gasteiger partial charge is 0.0642 e. The molecule has 2 unspecified atom stereocenters. The summed E-state index contributed by atoms with van der Waals surface area (Å²) in [4.78, 5) is 2.47. The number of hydrogen-bond donors (Lipinski definition) is 1. The molecule has 1 fully saturated rings. The van der Waals surface area contributed by atoms with Gasteiger partial charge in [0.05, 0.1) is 10.7 Å². The summed E-state index contributed by atoms with van der Waals surface area (Å²) in [7, 11) is 0. The Morgan fingerprint density at radius 1 is 1.35 bits per heavy atom. The molecule has 2 rings (SSSR count). The van der Waals surface area contributed by atoms with E-state index in [0.29, 0.717) is 6.04 Å². The molecule has 1 aromatic carbocycles. The quantitative estimate of drug-likeness (QED) is 0.806. The zero-order chi connectivity index (χ0) is 14.5. The molecule has 1 aliphatic heterocycles. The van der Waals surface area contributed by atoms with Gasteiger partial charge in [0.1, 0.15) is 0 Å². The van der Waals surface area contributed by atoms with Crippen LogP contribution in [0.4, 0.5) is 5.69 Å². The monoisotopic (exact) mass is 294 g/mol. The predicted octanol–water partition coefficient (Wildman–Crippen LogP) is 4.46. The van der Waals surface area contributed by atoms with Crippen molar-refractivity contribution < 1.29 is 0 Å². The van der Waals surface area contributed by atoms with Gasteiger partial charge in [0.2, 0.25) is 0 Å². The van der Waals surface area contributed by atoms with E-state index in [1.54, 1.807) is 0 Å². The minimum Gasteiger partial charge on any atom is -0.367 e. The van der Waals surface area contributed by atoms with Crippen molar-refractivity contribution in [2.45, 2.75) is 52.6 Å². The molecule has 2 atom stereocenters. The first-order chi connectivity index (χ1) is 9.63. The molecule has 1 aromatic rings. The lowest BCUT2D eigenvalue weighted by Gasteiger charge is -2.40. The Kier molecular flexibility index (Phi) is 5.74. The van der Waals surface area contributed by atoms with E-state index < -0.39 is 0 Å². The summed E-state index contributed by atoms with van der Waals surface area (Å²) in [5.74, 6) is 0.741. The van der Waals surface area contributed by atoms with Crippen LogP contribution in [-0.2, 0) is 6.54 Å². The maximum absolute atomic E-state index is 6.52. The van der Waals surface area contributed by atoms with E-state index in [1.165, 1.54) is 24.1 Å². The summed E-state index contributed by atoms with van der Waals surface area (Å²) in [6.07, 6.45) is 3.75. The van der Waals surface area contributed by atoms with Gasteiger partial charge in [-0.3, -0.25) is 0 Å². The second-order valence-corrected chi connectivity index (χ2v) is 6.42. The molecule has 0 saturated carbocycles. The van der Waals surface area contributed by atoms with Crippen LogP contribution in [0.2, 0.25) is 5.02 Å². The first-order valence-corrected chi connectivity index (χ1v) is 8.27. The van der Waals surface area contributed by atoms with Crippen molar-refractivity contribution in [1.82, 2.24) is 5.32 Å². The van der Waals surface area contributed by atoms with Gasteiger partial charge in [0.25, 0.3) is 0 Å². The van der Waals surface area contributed by atoms with E-state index in [4.69, 9.17) is 11.6 Å². The number of nitrogens with zero attached hydrogens (tertiary/aromatic N) is 1. The number of piperidine rings is 1. The minimum absolute atomic E-state index is 0.574. The highest BCUT2D eigenvalue weighted by atomic mass is 35.5. The average molecular weight is 295 g/mol. The third-order valence-electron chi connectivity index (χ3n) is 4.45. The number of anilines is 1. The Labute approximate surface area is 128 Å². The second kappa shape index (κ2) is 7.33. The van der Waals surface area contributed by atoms with E-state index in [9.17, 15) is 0 Å². The molecule has 0 amide bonds. The predicted molar refractivity (Wildman–Crippen MR) is 88.7 cm³/mol. The third kappa shape index (κ3) is 3.67. The molecular formula is C17H27ClN2. The maximum Gasteiger partial charge on any atom is 0.0642 e. The average Bonchev–Trinajstić information content (AvgIpc) is 2.43. The minimum atomic E-state index is 0.574. The fourth-order valence-electron chi connectivity index (χ4n) is 2.98. The van der Waals surface area contributed by atoms with Crippen molar-refractivity contribution in [3.8, 4) is 0 Å². The van der Waals surface area contributed by atoms with Crippen LogP contribution < -0.4 is 10.2 Å². The lowest BCUT2D eigenvalue weighted by Crippen LogP contribution is -2.42. The number of halogens is 1. The number of hydrogen-bond acceptors (Lipinski definition) is 2.